The molecule has 0 fully saturated rings. The van der Waals surface area contributed by atoms with E-state index in [2.05, 4.69) is 10.6 Å². The predicted octanol–water partition coefficient (Wildman–Crippen LogP) is 3.65. The van der Waals surface area contributed by atoms with Gasteiger partial charge in [0.15, 0.2) is 0 Å². The Labute approximate surface area is 112 Å². The summed E-state index contributed by atoms with van der Waals surface area (Å²) in [5, 5.41) is 14.6. The number of carbonyl (C=O) groups excluding carboxylic acids is 1. The Bertz CT molecular complexity index is 592. The summed E-state index contributed by atoms with van der Waals surface area (Å²) in [6.45, 7) is 3.95. The van der Waals surface area contributed by atoms with Crippen LogP contribution in [0.3, 0.4) is 0 Å². The summed E-state index contributed by atoms with van der Waals surface area (Å²) in [7, 11) is 0. The number of hydrogen-bond donors (Lipinski definition) is 3. The first kappa shape index (κ1) is 13.0. The fraction of sp³-hybridized carbons (Fsp3) is 0.133. The van der Waals surface area contributed by atoms with Crippen molar-refractivity contribution in [3.05, 3.63) is 53.6 Å². The van der Waals surface area contributed by atoms with Crippen LogP contribution in [-0.2, 0) is 0 Å². The quantitative estimate of drug-likeness (QED) is 0.718. The number of rotatable bonds is 2. The average Bonchev–Trinajstić information content (AvgIpc) is 2.36. The van der Waals surface area contributed by atoms with Gasteiger partial charge in [0.05, 0.1) is 0 Å². The second kappa shape index (κ2) is 5.44. The molecule has 19 heavy (non-hydrogen) atoms. The van der Waals surface area contributed by atoms with E-state index < -0.39 is 0 Å². The summed E-state index contributed by atoms with van der Waals surface area (Å²) < 4.78 is 0. The van der Waals surface area contributed by atoms with Crippen molar-refractivity contribution in [1.82, 2.24) is 0 Å². The molecular formula is C15H16N2O2. The van der Waals surface area contributed by atoms with E-state index in [0.717, 1.165) is 16.8 Å². The molecule has 0 bridgehead atoms. The van der Waals surface area contributed by atoms with Crippen molar-refractivity contribution in [2.45, 2.75) is 13.8 Å². The fourth-order valence-corrected chi connectivity index (χ4v) is 1.78. The van der Waals surface area contributed by atoms with Gasteiger partial charge >= 0.3 is 6.03 Å². The molecule has 0 atom stereocenters. The highest BCUT2D eigenvalue weighted by Crippen LogP contribution is 2.17. The van der Waals surface area contributed by atoms with Crippen LogP contribution in [0.2, 0.25) is 0 Å². The Morgan fingerprint density at radius 2 is 1.68 bits per heavy atom. The van der Waals surface area contributed by atoms with E-state index in [-0.39, 0.29) is 11.8 Å². The smallest absolute Gasteiger partial charge is 0.323 e. The maximum atomic E-state index is 11.8. The van der Waals surface area contributed by atoms with Gasteiger partial charge in [-0.1, -0.05) is 17.7 Å². The molecule has 0 aliphatic rings. The molecule has 2 aromatic carbocycles. The number of phenolic OH excluding ortho intramolecular Hbond substituents is 1. The van der Waals surface area contributed by atoms with E-state index in [1.807, 2.05) is 32.0 Å². The van der Waals surface area contributed by atoms with Gasteiger partial charge in [-0.05, 0) is 49.7 Å². The molecule has 3 N–H and O–H groups in total. The summed E-state index contributed by atoms with van der Waals surface area (Å²) in [6.07, 6.45) is 0. The van der Waals surface area contributed by atoms with Crippen molar-refractivity contribution in [3.63, 3.8) is 0 Å². The van der Waals surface area contributed by atoms with Crippen molar-refractivity contribution in [2.24, 2.45) is 0 Å². The largest absolute Gasteiger partial charge is 0.508 e. The number of anilines is 2. The highest BCUT2D eigenvalue weighted by molar-refractivity contribution is 6.00. The first-order chi connectivity index (χ1) is 9.04. The third-order valence-electron chi connectivity index (χ3n) is 2.76. The molecule has 2 aromatic rings. The third kappa shape index (κ3) is 3.48. The summed E-state index contributed by atoms with van der Waals surface area (Å²) in [5.41, 5.74) is 3.57. The van der Waals surface area contributed by atoms with Gasteiger partial charge in [0.1, 0.15) is 5.75 Å². The fourth-order valence-electron chi connectivity index (χ4n) is 1.78. The van der Waals surface area contributed by atoms with Crippen LogP contribution in [0.1, 0.15) is 11.1 Å². The summed E-state index contributed by atoms with van der Waals surface area (Å²) in [6, 6.07) is 11.8. The number of nitrogens with one attached hydrogen (secondary N) is 2. The van der Waals surface area contributed by atoms with Crippen molar-refractivity contribution in [3.8, 4) is 5.75 Å². The number of benzene rings is 2. The zero-order chi connectivity index (χ0) is 13.8. The van der Waals surface area contributed by atoms with E-state index in [1.54, 1.807) is 12.1 Å². The van der Waals surface area contributed by atoms with Gasteiger partial charge in [-0.3, -0.25) is 0 Å². The third-order valence-corrected chi connectivity index (χ3v) is 2.76. The van der Waals surface area contributed by atoms with Gasteiger partial charge in [0.25, 0.3) is 0 Å². The van der Waals surface area contributed by atoms with E-state index in [9.17, 15) is 4.79 Å². The average molecular weight is 256 g/mol. The molecule has 4 nitrogen and oxygen atoms in total. The summed E-state index contributed by atoms with van der Waals surface area (Å²) in [5.74, 6) is 0.167. The molecule has 0 heterocycles. The lowest BCUT2D eigenvalue weighted by atomic mass is 10.1. The standard InChI is InChI=1S/C15H16N2O2/c1-10-3-8-14(11(2)9-10)17-15(19)16-12-4-6-13(18)7-5-12/h3-9,18H,1-2H3,(H2,16,17,19). The minimum atomic E-state index is -0.308. The second-order valence-corrected chi connectivity index (χ2v) is 4.44. The SMILES string of the molecule is Cc1ccc(NC(=O)Nc2ccc(O)cc2)c(C)c1. The molecule has 2 amide bonds. The lowest BCUT2D eigenvalue weighted by Gasteiger charge is -2.10. The highest BCUT2D eigenvalue weighted by atomic mass is 16.3. The van der Waals surface area contributed by atoms with Gasteiger partial charge < -0.3 is 15.7 Å². The van der Waals surface area contributed by atoms with Crippen LogP contribution in [-0.4, -0.2) is 11.1 Å². The van der Waals surface area contributed by atoms with Gasteiger partial charge in [-0.25, -0.2) is 4.79 Å². The Morgan fingerprint density at radius 3 is 2.32 bits per heavy atom. The molecule has 0 saturated heterocycles. The van der Waals surface area contributed by atoms with Crippen molar-refractivity contribution in [1.29, 1.82) is 0 Å². The Morgan fingerprint density at radius 1 is 1.00 bits per heavy atom. The zero-order valence-corrected chi connectivity index (χ0v) is 10.9. The van der Waals surface area contributed by atoms with E-state index >= 15 is 0 Å². The van der Waals surface area contributed by atoms with Crippen LogP contribution in [0.4, 0.5) is 16.2 Å². The molecule has 2 rings (SSSR count). The first-order valence-corrected chi connectivity index (χ1v) is 5.99. The van der Waals surface area contributed by atoms with Crippen LogP contribution in [0.25, 0.3) is 0 Å². The van der Waals surface area contributed by atoms with Crippen molar-refractivity contribution in [2.75, 3.05) is 10.6 Å². The van der Waals surface area contributed by atoms with E-state index in [4.69, 9.17) is 5.11 Å². The van der Waals surface area contributed by atoms with Crippen LogP contribution in [0, 0.1) is 13.8 Å². The van der Waals surface area contributed by atoms with Gasteiger partial charge in [-0.2, -0.15) is 0 Å². The summed E-state index contributed by atoms with van der Waals surface area (Å²) in [4.78, 5) is 11.8. The molecule has 0 aliphatic carbocycles. The number of aromatic hydroxyl groups is 1. The number of phenols is 1. The minimum absolute atomic E-state index is 0.167. The molecular weight excluding hydrogens is 240 g/mol. The summed E-state index contributed by atoms with van der Waals surface area (Å²) >= 11 is 0. The van der Waals surface area contributed by atoms with Crippen LogP contribution >= 0.6 is 0 Å². The number of hydrogen-bond acceptors (Lipinski definition) is 2. The van der Waals surface area contributed by atoms with Gasteiger partial charge in [0.2, 0.25) is 0 Å². The van der Waals surface area contributed by atoms with E-state index in [0.29, 0.717) is 5.69 Å². The zero-order valence-electron chi connectivity index (χ0n) is 10.9. The first-order valence-electron chi connectivity index (χ1n) is 5.99. The Balaban J connectivity index is 2.03. The monoisotopic (exact) mass is 256 g/mol. The number of urea groups is 1. The highest BCUT2D eigenvalue weighted by Gasteiger charge is 2.04. The Kier molecular flexibility index (Phi) is 3.71. The lowest BCUT2D eigenvalue weighted by Crippen LogP contribution is -2.19. The Hall–Kier alpha value is -2.49. The predicted molar refractivity (Wildman–Crippen MR) is 76.7 cm³/mol. The molecule has 0 unspecified atom stereocenters. The van der Waals surface area contributed by atoms with Gasteiger partial charge in [-0.15, -0.1) is 0 Å². The molecule has 0 spiro atoms. The number of aryl methyl sites for hydroxylation is 2. The van der Waals surface area contributed by atoms with E-state index in [1.165, 1.54) is 12.1 Å². The molecule has 0 aliphatic heterocycles. The second-order valence-electron chi connectivity index (χ2n) is 4.44. The van der Waals surface area contributed by atoms with Crippen LogP contribution < -0.4 is 10.6 Å². The molecule has 0 aromatic heterocycles. The van der Waals surface area contributed by atoms with Crippen LogP contribution in [0.5, 0.6) is 5.75 Å². The normalized spacial score (nSPS) is 10.0. The maximum Gasteiger partial charge on any atom is 0.323 e. The maximum absolute atomic E-state index is 11.8. The molecule has 0 radical (unpaired) electrons. The van der Waals surface area contributed by atoms with Crippen LogP contribution in [0.15, 0.2) is 42.5 Å². The topological polar surface area (TPSA) is 61.4 Å². The number of amides is 2. The number of carbonyl (C=O) groups is 1. The van der Waals surface area contributed by atoms with Gasteiger partial charge in [0, 0.05) is 11.4 Å². The minimum Gasteiger partial charge on any atom is -0.508 e. The molecule has 0 saturated carbocycles. The lowest BCUT2D eigenvalue weighted by molar-refractivity contribution is 0.262. The molecule has 98 valence electrons. The van der Waals surface area contributed by atoms with Crippen molar-refractivity contribution < 1.29 is 9.90 Å². The van der Waals surface area contributed by atoms with Crippen molar-refractivity contribution >= 4 is 17.4 Å². The molecule has 4 heteroatoms.